The number of anilines is 2. The summed E-state index contributed by atoms with van der Waals surface area (Å²) in [5, 5.41) is 0. The van der Waals surface area contributed by atoms with Crippen molar-refractivity contribution >= 4 is 17.3 Å². The standard InChI is InChI=1S/C13H20N2O3/c1-4-15(7-8-17-2)12-6-5-10(9-11(12)14)13(16)18-3/h5-6,9H,4,7-8,14H2,1-3H3. The summed E-state index contributed by atoms with van der Waals surface area (Å²) in [5.74, 6) is -0.381. The van der Waals surface area contributed by atoms with Crippen molar-refractivity contribution in [1.29, 1.82) is 0 Å². The zero-order valence-electron chi connectivity index (χ0n) is 11.1. The Kier molecular flexibility index (Phi) is 5.45. The molecule has 0 fully saturated rings. The highest BCUT2D eigenvalue weighted by Crippen LogP contribution is 2.24. The average Bonchev–Trinajstić information content (AvgIpc) is 2.40. The summed E-state index contributed by atoms with van der Waals surface area (Å²) in [7, 11) is 3.01. The predicted octanol–water partition coefficient (Wildman–Crippen LogP) is 1.53. The number of nitrogens with zero attached hydrogens (tertiary/aromatic N) is 1. The molecule has 2 N–H and O–H groups in total. The number of rotatable bonds is 6. The molecule has 0 aromatic heterocycles. The van der Waals surface area contributed by atoms with Crippen molar-refractivity contribution in [3.05, 3.63) is 23.8 Å². The number of benzene rings is 1. The molecule has 0 amide bonds. The largest absolute Gasteiger partial charge is 0.465 e. The molecular weight excluding hydrogens is 232 g/mol. The Morgan fingerprint density at radius 1 is 1.39 bits per heavy atom. The molecular formula is C13H20N2O3. The van der Waals surface area contributed by atoms with E-state index in [4.69, 9.17) is 10.5 Å². The first-order valence-corrected chi connectivity index (χ1v) is 5.85. The first-order valence-electron chi connectivity index (χ1n) is 5.85. The number of carbonyl (C=O) groups excluding carboxylic acids is 1. The van der Waals surface area contributed by atoms with Crippen LogP contribution in [0.1, 0.15) is 17.3 Å². The number of hydrogen-bond acceptors (Lipinski definition) is 5. The number of likely N-dealkylation sites (N-methyl/N-ethyl adjacent to an activating group) is 1. The van der Waals surface area contributed by atoms with Gasteiger partial charge in [-0.05, 0) is 25.1 Å². The second-order valence-corrected chi connectivity index (χ2v) is 3.84. The molecule has 0 saturated heterocycles. The smallest absolute Gasteiger partial charge is 0.337 e. The van der Waals surface area contributed by atoms with Crippen LogP contribution in [-0.2, 0) is 9.47 Å². The molecule has 0 radical (unpaired) electrons. The number of nitrogens with two attached hydrogens (primary N) is 1. The Morgan fingerprint density at radius 3 is 2.61 bits per heavy atom. The minimum absolute atomic E-state index is 0.381. The summed E-state index contributed by atoms with van der Waals surface area (Å²) in [6, 6.07) is 5.18. The lowest BCUT2D eigenvalue weighted by Gasteiger charge is -2.24. The summed E-state index contributed by atoms with van der Waals surface area (Å²) >= 11 is 0. The van der Waals surface area contributed by atoms with Crippen LogP contribution < -0.4 is 10.6 Å². The fourth-order valence-corrected chi connectivity index (χ4v) is 1.74. The number of esters is 1. The lowest BCUT2D eigenvalue weighted by molar-refractivity contribution is 0.0601. The van der Waals surface area contributed by atoms with Gasteiger partial charge in [0.1, 0.15) is 0 Å². The summed E-state index contributed by atoms with van der Waals surface area (Å²) in [6.45, 7) is 4.26. The Balaban J connectivity index is 2.92. The van der Waals surface area contributed by atoms with E-state index in [1.54, 1.807) is 19.2 Å². The van der Waals surface area contributed by atoms with E-state index in [0.717, 1.165) is 18.8 Å². The third-order valence-corrected chi connectivity index (χ3v) is 2.74. The zero-order chi connectivity index (χ0) is 13.5. The molecule has 5 heteroatoms. The van der Waals surface area contributed by atoms with Crippen LogP contribution in [0.15, 0.2) is 18.2 Å². The van der Waals surface area contributed by atoms with Gasteiger partial charge in [-0.25, -0.2) is 4.79 Å². The fourth-order valence-electron chi connectivity index (χ4n) is 1.74. The Labute approximate surface area is 107 Å². The highest BCUT2D eigenvalue weighted by Gasteiger charge is 2.11. The van der Waals surface area contributed by atoms with Gasteiger partial charge < -0.3 is 20.1 Å². The van der Waals surface area contributed by atoms with Crippen LogP contribution in [0.2, 0.25) is 0 Å². The van der Waals surface area contributed by atoms with Crippen molar-refractivity contribution in [3.8, 4) is 0 Å². The molecule has 0 saturated carbocycles. The van der Waals surface area contributed by atoms with Gasteiger partial charge in [0, 0.05) is 20.2 Å². The van der Waals surface area contributed by atoms with Crippen LogP contribution >= 0.6 is 0 Å². The first-order chi connectivity index (χ1) is 8.63. The van der Waals surface area contributed by atoms with Crippen LogP contribution in [0, 0.1) is 0 Å². The maximum atomic E-state index is 11.4. The van der Waals surface area contributed by atoms with Gasteiger partial charge >= 0.3 is 5.97 Å². The summed E-state index contributed by atoms with van der Waals surface area (Å²) in [5.41, 5.74) is 7.90. The zero-order valence-corrected chi connectivity index (χ0v) is 11.1. The predicted molar refractivity (Wildman–Crippen MR) is 72.0 cm³/mol. The number of ether oxygens (including phenoxy) is 2. The Morgan fingerprint density at radius 2 is 2.11 bits per heavy atom. The van der Waals surface area contributed by atoms with Gasteiger partial charge in [0.2, 0.25) is 0 Å². The second kappa shape index (κ2) is 6.86. The lowest BCUT2D eigenvalue weighted by Crippen LogP contribution is -2.27. The molecule has 1 aromatic carbocycles. The fraction of sp³-hybridized carbons (Fsp3) is 0.462. The van der Waals surface area contributed by atoms with E-state index in [-0.39, 0.29) is 5.97 Å². The first kappa shape index (κ1) is 14.3. The second-order valence-electron chi connectivity index (χ2n) is 3.84. The monoisotopic (exact) mass is 252 g/mol. The van der Waals surface area contributed by atoms with Gasteiger partial charge in [-0.15, -0.1) is 0 Å². The molecule has 0 aliphatic rings. The summed E-state index contributed by atoms with van der Waals surface area (Å²) < 4.78 is 9.71. The van der Waals surface area contributed by atoms with Gasteiger partial charge in [-0.2, -0.15) is 0 Å². The molecule has 0 aliphatic heterocycles. The number of hydrogen-bond donors (Lipinski definition) is 1. The third kappa shape index (κ3) is 3.37. The van der Waals surface area contributed by atoms with Crippen molar-refractivity contribution in [3.63, 3.8) is 0 Å². The van der Waals surface area contributed by atoms with Crippen molar-refractivity contribution in [2.75, 3.05) is 44.5 Å². The Bertz CT molecular complexity index is 407. The molecule has 18 heavy (non-hydrogen) atoms. The maximum absolute atomic E-state index is 11.4. The number of carbonyl (C=O) groups is 1. The summed E-state index contributed by atoms with van der Waals surface area (Å²) in [4.78, 5) is 13.5. The van der Waals surface area contributed by atoms with Gasteiger partial charge in [-0.3, -0.25) is 0 Å². The summed E-state index contributed by atoms with van der Waals surface area (Å²) in [6.07, 6.45) is 0. The molecule has 0 spiro atoms. The normalized spacial score (nSPS) is 10.2. The SMILES string of the molecule is CCN(CCOC)c1ccc(C(=O)OC)cc1N. The van der Waals surface area contributed by atoms with Crippen molar-refractivity contribution in [2.24, 2.45) is 0 Å². The van der Waals surface area contributed by atoms with E-state index in [2.05, 4.69) is 9.64 Å². The molecule has 0 heterocycles. The van der Waals surface area contributed by atoms with Crippen LogP contribution in [0.3, 0.4) is 0 Å². The van der Waals surface area contributed by atoms with E-state index in [1.165, 1.54) is 7.11 Å². The maximum Gasteiger partial charge on any atom is 0.337 e. The van der Waals surface area contributed by atoms with Crippen molar-refractivity contribution in [2.45, 2.75) is 6.92 Å². The van der Waals surface area contributed by atoms with Crippen LogP contribution in [0.5, 0.6) is 0 Å². The van der Waals surface area contributed by atoms with Crippen molar-refractivity contribution in [1.82, 2.24) is 0 Å². The van der Waals surface area contributed by atoms with Crippen LogP contribution in [-0.4, -0.2) is 39.9 Å². The molecule has 5 nitrogen and oxygen atoms in total. The quantitative estimate of drug-likeness (QED) is 0.614. The van der Waals surface area contributed by atoms with Gasteiger partial charge in [0.15, 0.2) is 0 Å². The lowest BCUT2D eigenvalue weighted by atomic mass is 10.1. The van der Waals surface area contributed by atoms with Crippen LogP contribution in [0.4, 0.5) is 11.4 Å². The molecule has 0 aliphatic carbocycles. The van der Waals surface area contributed by atoms with Crippen molar-refractivity contribution < 1.29 is 14.3 Å². The van der Waals surface area contributed by atoms with E-state index in [1.807, 2.05) is 13.0 Å². The Hall–Kier alpha value is -1.75. The molecule has 100 valence electrons. The van der Waals surface area contributed by atoms with Gasteiger partial charge in [0.25, 0.3) is 0 Å². The molecule has 1 rings (SSSR count). The highest BCUT2D eigenvalue weighted by atomic mass is 16.5. The molecule has 0 atom stereocenters. The minimum Gasteiger partial charge on any atom is -0.465 e. The average molecular weight is 252 g/mol. The van der Waals surface area contributed by atoms with E-state index >= 15 is 0 Å². The molecule has 0 bridgehead atoms. The van der Waals surface area contributed by atoms with Crippen LogP contribution in [0.25, 0.3) is 0 Å². The number of nitrogen functional groups attached to an aromatic ring is 1. The van der Waals surface area contributed by atoms with Gasteiger partial charge in [-0.1, -0.05) is 0 Å². The van der Waals surface area contributed by atoms with Gasteiger partial charge in [0.05, 0.1) is 30.7 Å². The van der Waals surface area contributed by atoms with E-state index in [9.17, 15) is 4.79 Å². The van der Waals surface area contributed by atoms with E-state index in [0.29, 0.717) is 17.9 Å². The minimum atomic E-state index is -0.381. The number of methoxy groups -OCH3 is 2. The highest BCUT2D eigenvalue weighted by molar-refractivity contribution is 5.91. The third-order valence-electron chi connectivity index (χ3n) is 2.74. The van der Waals surface area contributed by atoms with E-state index < -0.39 is 0 Å². The molecule has 0 unspecified atom stereocenters. The topological polar surface area (TPSA) is 64.8 Å². The molecule has 1 aromatic rings.